The minimum absolute atomic E-state index is 0.172. The number of amides is 2. The molecule has 0 aliphatic rings. The maximum Gasteiger partial charge on any atom is 0.338 e. The van der Waals surface area contributed by atoms with Gasteiger partial charge in [-0.25, -0.2) is 4.79 Å². The Morgan fingerprint density at radius 2 is 1.46 bits per heavy atom. The molecule has 188 valence electrons. The molecule has 2 aromatic rings. The summed E-state index contributed by atoms with van der Waals surface area (Å²) < 4.78 is 25.6. The number of hydrogen-bond donors (Lipinski definition) is 2. The molecule has 11 heteroatoms. The quantitative estimate of drug-likeness (QED) is 0.456. The van der Waals surface area contributed by atoms with Crippen molar-refractivity contribution < 1.29 is 42.9 Å². The van der Waals surface area contributed by atoms with Crippen LogP contribution in [-0.4, -0.2) is 64.3 Å². The predicted molar refractivity (Wildman–Crippen MR) is 125 cm³/mol. The molecule has 0 heterocycles. The molecule has 2 N–H and O–H groups in total. The van der Waals surface area contributed by atoms with Crippen LogP contribution >= 0.6 is 0 Å². The van der Waals surface area contributed by atoms with Gasteiger partial charge < -0.3 is 34.3 Å². The number of rotatable bonds is 11. The van der Waals surface area contributed by atoms with Gasteiger partial charge in [-0.05, 0) is 50.2 Å². The molecule has 0 unspecified atom stereocenters. The zero-order chi connectivity index (χ0) is 26.0. The SMILES string of the molecule is COc1cc(C(=O)NCC(=O)OCC(=O)Nc2ccc(C(=O)OC(C)C)cc2)cc(OC)c1OC. The number of carbonyl (C=O) groups excluding carboxylic acids is 4. The Kier molecular flexibility index (Phi) is 9.88. The number of methoxy groups -OCH3 is 3. The Bertz CT molecular complexity index is 1040. The summed E-state index contributed by atoms with van der Waals surface area (Å²) in [4.78, 5) is 48.2. The van der Waals surface area contributed by atoms with Gasteiger partial charge in [0.1, 0.15) is 6.54 Å². The molecule has 2 rings (SSSR count). The molecule has 0 aromatic heterocycles. The second-order valence-corrected chi connectivity index (χ2v) is 7.34. The van der Waals surface area contributed by atoms with Crippen LogP contribution in [0.1, 0.15) is 34.6 Å². The maximum atomic E-state index is 12.4. The third-order valence-electron chi connectivity index (χ3n) is 4.43. The largest absolute Gasteiger partial charge is 0.493 e. The standard InChI is InChI=1S/C24H28N2O9/c1-14(2)35-24(30)15-6-8-17(9-7-15)26-20(27)13-34-21(28)12-25-23(29)16-10-18(31-3)22(33-5)19(11-16)32-4/h6-11,14H,12-13H2,1-5H3,(H,25,29)(H,26,27). The molecule has 0 aliphatic carbocycles. The molecule has 2 amide bonds. The summed E-state index contributed by atoms with van der Waals surface area (Å²) in [6.45, 7) is 2.46. The van der Waals surface area contributed by atoms with Gasteiger partial charge >= 0.3 is 11.9 Å². The van der Waals surface area contributed by atoms with Gasteiger partial charge in [-0.15, -0.1) is 0 Å². The highest BCUT2D eigenvalue weighted by molar-refractivity contribution is 5.98. The van der Waals surface area contributed by atoms with Crippen LogP contribution < -0.4 is 24.8 Å². The first-order valence-corrected chi connectivity index (χ1v) is 10.5. The number of nitrogens with one attached hydrogen (secondary N) is 2. The van der Waals surface area contributed by atoms with E-state index in [9.17, 15) is 19.2 Å². The number of esters is 2. The zero-order valence-corrected chi connectivity index (χ0v) is 20.1. The van der Waals surface area contributed by atoms with Gasteiger partial charge in [0.2, 0.25) is 5.75 Å². The second-order valence-electron chi connectivity index (χ2n) is 7.34. The van der Waals surface area contributed by atoms with Gasteiger partial charge in [0.05, 0.1) is 33.0 Å². The van der Waals surface area contributed by atoms with Crippen molar-refractivity contribution in [1.29, 1.82) is 0 Å². The summed E-state index contributed by atoms with van der Waals surface area (Å²) in [7, 11) is 4.26. The van der Waals surface area contributed by atoms with Crippen LogP contribution in [0.4, 0.5) is 5.69 Å². The smallest absolute Gasteiger partial charge is 0.338 e. The first-order chi connectivity index (χ1) is 16.7. The minimum atomic E-state index is -0.812. The van der Waals surface area contributed by atoms with Gasteiger partial charge in [-0.3, -0.25) is 14.4 Å². The van der Waals surface area contributed by atoms with Crippen LogP contribution in [-0.2, 0) is 19.1 Å². The molecule has 0 spiro atoms. The summed E-state index contributed by atoms with van der Waals surface area (Å²) in [5.74, 6) is -1.58. The Morgan fingerprint density at radius 3 is 1.97 bits per heavy atom. The molecule has 0 radical (unpaired) electrons. The number of ether oxygens (including phenoxy) is 5. The normalized spacial score (nSPS) is 10.2. The van der Waals surface area contributed by atoms with E-state index in [2.05, 4.69) is 10.6 Å². The van der Waals surface area contributed by atoms with Crippen molar-refractivity contribution in [3.05, 3.63) is 47.5 Å². The Morgan fingerprint density at radius 1 is 0.857 bits per heavy atom. The molecule has 35 heavy (non-hydrogen) atoms. The molecule has 2 aromatic carbocycles. The number of carbonyl (C=O) groups is 4. The highest BCUT2D eigenvalue weighted by Crippen LogP contribution is 2.38. The molecular formula is C24H28N2O9. The minimum Gasteiger partial charge on any atom is -0.493 e. The summed E-state index contributed by atoms with van der Waals surface area (Å²) in [6, 6.07) is 8.92. The Labute approximate surface area is 202 Å². The van der Waals surface area contributed by atoms with Crippen LogP contribution in [0.3, 0.4) is 0 Å². The average molecular weight is 488 g/mol. The number of anilines is 1. The predicted octanol–water partition coefficient (Wildman–Crippen LogP) is 2.19. The van der Waals surface area contributed by atoms with Crippen molar-refractivity contribution in [2.45, 2.75) is 20.0 Å². The first kappa shape index (κ1) is 27.0. The summed E-state index contributed by atoms with van der Waals surface area (Å²) >= 11 is 0. The van der Waals surface area contributed by atoms with E-state index in [1.807, 2.05) is 0 Å². The maximum absolute atomic E-state index is 12.4. The highest BCUT2D eigenvalue weighted by Gasteiger charge is 2.18. The molecule has 0 saturated heterocycles. The van der Waals surface area contributed by atoms with Gasteiger partial charge in [0.25, 0.3) is 11.8 Å². The monoisotopic (exact) mass is 488 g/mol. The van der Waals surface area contributed by atoms with E-state index in [1.165, 1.54) is 57.7 Å². The molecule has 0 fully saturated rings. The Balaban J connectivity index is 1.83. The topological polar surface area (TPSA) is 138 Å². The lowest BCUT2D eigenvalue weighted by Gasteiger charge is -2.14. The first-order valence-electron chi connectivity index (χ1n) is 10.5. The fraction of sp³-hybridized carbons (Fsp3) is 0.333. The van der Waals surface area contributed by atoms with E-state index >= 15 is 0 Å². The molecular weight excluding hydrogens is 460 g/mol. The summed E-state index contributed by atoms with van der Waals surface area (Å²) in [5, 5.41) is 4.94. The third kappa shape index (κ3) is 7.91. The molecule has 0 bridgehead atoms. The van der Waals surface area contributed by atoms with Crippen molar-refractivity contribution in [3.8, 4) is 17.2 Å². The van der Waals surface area contributed by atoms with Crippen molar-refractivity contribution in [1.82, 2.24) is 5.32 Å². The van der Waals surface area contributed by atoms with Crippen LogP contribution in [0, 0.1) is 0 Å². The van der Waals surface area contributed by atoms with E-state index in [-0.39, 0.29) is 23.2 Å². The highest BCUT2D eigenvalue weighted by atomic mass is 16.5. The summed E-state index contributed by atoms with van der Waals surface area (Å²) in [5.41, 5.74) is 0.916. The zero-order valence-electron chi connectivity index (χ0n) is 20.1. The van der Waals surface area contributed by atoms with Crippen LogP contribution in [0.15, 0.2) is 36.4 Å². The Hall–Kier alpha value is -4.28. The van der Waals surface area contributed by atoms with Gasteiger partial charge in [-0.1, -0.05) is 0 Å². The van der Waals surface area contributed by atoms with Gasteiger partial charge in [-0.2, -0.15) is 0 Å². The lowest BCUT2D eigenvalue weighted by Crippen LogP contribution is -2.32. The lowest BCUT2D eigenvalue weighted by molar-refractivity contribution is -0.146. The van der Waals surface area contributed by atoms with Gasteiger partial charge in [0.15, 0.2) is 18.1 Å². The van der Waals surface area contributed by atoms with Crippen molar-refractivity contribution in [2.75, 3.05) is 39.8 Å². The van der Waals surface area contributed by atoms with Crippen molar-refractivity contribution in [2.24, 2.45) is 0 Å². The molecule has 0 atom stereocenters. The van der Waals surface area contributed by atoms with E-state index in [1.54, 1.807) is 13.8 Å². The van der Waals surface area contributed by atoms with E-state index in [0.29, 0.717) is 17.0 Å². The van der Waals surface area contributed by atoms with Crippen LogP contribution in [0.25, 0.3) is 0 Å². The molecule has 0 aliphatic heterocycles. The van der Waals surface area contributed by atoms with E-state index in [0.717, 1.165) is 0 Å². The van der Waals surface area contributed by atoms with E-state index < -0.39 is 36.9 Å². The number of benzene rings is 2. The average Bonchev–Trinajstić information content (AvgIpc) is 2.84. The lowest BCUT2D eigenvalue weighted by atomic mass is 10.1. The molecule has 0 saturated carbocycles. The fourth-order valence-corrected chi connectivity index (χ4v) is 2.83. The van der Waals surface area contributed by atoms with Crippen LogP contribution in [0.2, 0.25) is 0 Å². The third-order valence-corrected chi connectivity index (χ3v) is 4.43. The molecule has 11 nitrogen and oxygen atoms in total. The van der Waals surface area contributed by atoms with Crippen LogP contribution in [0.5, 0.6) is 17.2 Å². The fourth-order valence-electron chi connectivity index (χ4n) is 2.83. The second kappa shape index (κ2) is 12.8. The van der Waals surface area contributed by atoms with E-state index in [4.69, 9.17) is 23.7 Å². The van der Waals surface area contributed by atoms with Crippen molar-refractivity contribution >= 4 is 29.4 Å². The van der Waals surface area contributed by atoms with Gasteiger partial charge in [0, 0.05) is 11.3 Å². The number of hydrogen-bond acceptors (Lipinski definition) is 9. The summed E-state index contributed by atoms with van der Waals surface area (Å²) in [6.07, 6.45) is -0.247. The van der Waals surface area contributed by atoms with Crippen molar-refractivity contribution in [3.63, 3.8) is 0 Å².